The summed E-state index contributed by atoms with van der Waals surface area (Å²) in [4.78, 5) is 2.60. The molecule has 0 spiro atoms. The molecule has 2 saturated heterocycles. The molecule has 2 aliphatic rings. The standard InChI is InChI=1S/C17H25NO/c1-13-10-15-8-9-16(18(15)2)11-17(13)19-12-14-6-4-3-5-7-14/h3-7,13,15-17H,8-12H2,1-2H3. The van der Waals surface area contributed by atoms with Gasteiger partial charge in [-0.25, -0.2) is 0 Å². The number of benzene rings is 1. The monoisotopic (exact) mass is 259 g/mol. The maximum absolute atomic E-state index is 6.24. The van der Waals surface area contributed by atoms with E-state index in [0.717, 1.165) is 18.7 Å². The minimum absolute atomic E-state index is 0.429. The third kappa shape index (κ3) is 2.85. The molecular weight excluding hydrogens is 234 g/mol. The van der Waals surface area contributed by atoms with Crippen LogP contribution in [0.25, 0.3) is 0 Å². The fraction of sp³-hybridized carbons (Fsp3) is 0.647. The van der Waals surface area contributed by atoms with E-state index in [-0.39, 0.29) is 0 Å². The Hall–Kier alpha value is -0.860. The van der Waals surface area contributed by atoms with Gasteiger partial charge in [-0.3, -0.25) is 0 Å². The second-order valence-corrected chi connectivity index (χ2v) is 6.33. The molecule has 1 aromatic rings. The molecule has 4 atom stereocenters. The summed E-state index contributed by atoms with van der Waals surface area (Å²) in [7, 11) is 2.30. The molecule has 104 valence electrons. The van der Waals surface area contributed by atoms with Gasteiger partial charge in [-0.1, -0.05) is 37.3 Å². The molecule has 2 fully saturated rings. The van der Waals surface area contributed by atoms with Gasteiger partial charge in [0.25, 0.3) is 0 Å². The highest BCUT2D eigenvalue weighted by molar-refractivity contribution is 5.13. The quantitative estimate of drug-likeness (QED) is 0.824. The van der Waals surface area contributed by atoms with Crippen LogP contribution in [0.2, 0.25) is 0 Å². The maximum Gasteiger partial charge on any atom is 0.0720 e. The highest BCUT2D eigenvalue weighted by atomic mass is 16.5. The lowest BCUT2D eigenvalue weighted by atomic mass is 9.90. The molecule has 19 heavy (non-hydrogen) atoms. The molecule has 4 unspecified atom stereocenters. The van der Waals surface area contributed by atoms with Crippen LogP contribution >= 0.6 is 0 Å². The molecule has 0 saturated carbocycles. The Morgan fingerprint density at radius 1 is 1.11 bits per heavy atom. The van der Waals surface area contributed by atoms with Gasteiger partial charge in [0.2, 0.25) is 0 Å². The Balaban J connectivity index is 1.61. The van der Waals surface area contributed by atoms with Crippen molar-refractivity contribution in [2.75, 3.05) is 7.05 Å². The van der Waals surface area contributed by atoms with Gasteiger partial charge >= 0.3 is 0 Å². The Kier molecular flexibility index (Phi) is 3.90. The fourth-order valence-corrected chi connectivity index (χ4v) is 3.75. The van der Waals surface area contributed by atoms with Crippen molar-refractivity contribution in [1.29, 1.82) is 0 Å². The van der Waals surface area contributed by atoms with Crippen molar-refractivity contribution in [1.82, 2.24) is 4.90 Å². The largest absolute Gasteiger partial charge is 0.373 e. The van der Waals surface area contributed by atoms with Crippen molar-refractivity contribution in [2.24, 2.45) is 5.92 Å². The highest BCUT2D eigenvalue weighted by Gasteiger charge is 2.38. The van der Waals surface area contributed by atoms with E-state index in [1.54, 1.807) is 0 Å². The Labute approximate surface area is 116 Å². The predicted octanol–water partition coefficient (Wildman–Crippen LogP) is 3.46. The lowest BCUT2D eigenvalue weighted by Crippen LogP contribution is -2.31. The zero-order valence-electron chi connectivity index (χ0n) is 12.1. The molecular formula is C17H25NO. The molecule has 0 aromatic heterocycles. The van der Waals surface area contributed by atoms with E-state index in [1.165, 1.54) is 31.2 Å². The summed E-state index contributed by atoms with van der Waals surface area (Å²) in [5.74, 6) is 0.682. The molecule has 2 heteroatoms. The van der Waals surface area contributed by atoms with E-state index in [1.807, 2.05) is 0 Å². The van der Waals surface area contributed by atoms with Crippen LogP contribution in [0.4, 0.5) is 0 Å². The zero-order chi connectivity index (χ0) is 13.2. The smallest absolute Gasteiger partial charge is 0.0720 e. The van der Waals surface area contributed by atoms with Crippen LogP contribution in [0.15, 0.2) is 30.3 Å². The molecule has 0 amide bonds. The van der Waals surface area contributed by atoms with Crippen molar-refractivity contribution < 1.29 is 4.74 Å². The fourth-order valence-electron chi connectivity index (χ4n) is 3.75. The van der Waals surface area contributed by atoms with Crippen LogP contribution in [-0.4, -0.2) is 30.1 Å². The lowest BCUT2D eigenvalue weighted by Gasteiger charge is -2.25. The minimum atomic E-state index is 0.429. The van der Waals surface area contributed by atoms with Crippen molar-refractivity contribution in [3.63, 3.8) is 0 Å². The number of hydrogen-bond donors (Lipinski definition) is 0. The van der Waals surface area contributed by atoms with Crippen molar-refractivity contribution in [3.05, 3.63) is 35.9 Å². The average Bonchev–Trinajstić information content (AvgIpc) is 2.70. The summed E-state index contributed by atoms with van der Waals surface area (Å²) < 4.78 is 6.24. The van der Waals surface area contributed by atoms with Crippen LogP contribution in [0, 0.1) is 5.92 Å². The normalized spacial score (nSPS) is 35.3. The first kappa shape index (κ1) is 13.1. The van der Waals surface area contributed by atoms with Gasteiger partial charge < -0.3 is 9.64 Å². The Morgan fingerprint density at radius 3 is 2.53 bits per heavy atom. The van der Waals surface area contributed by atoms with Crippen LogP contribution in [-0.2, 0) is 11.3 Å². The first-order chi connectivity index (χ1) is 9.24. The number of fused-ring (bicyclic) bond motifs is 2. The number of nitrogens with zero attached hydrogens (tertiary/aromatic N) is 1. The van der Waals surface area contributed by atoms with Gasteiger partial charge in [0.15, 0.2) is 0 Å². The second-order valence-electron chi connectivity index (χ2n) is 6.33. The van der Waals surface area contributed by atoms with Gasteiger partial charge in [-0.05, 0) is 44.2 Å². The molecule has 2 heterocycles. The molecule has 2 nitrogen and oxygen atoms in total. The molecule has 1 aromatic carbocycles. The molecule has 3 rings (SSSR count). The zero-order valence-corrected chi connectivity index (χ0v) is 12.1. The van der Waals surface area contributed by atoms with E-state index >= 15 is 0 Å². The van der Waals surface area contributed by atoms with Crippen LogP contribution in [0.1, 0.15) is 38.2 Å². The molecule has 2 bridgehead atoms. The topological polar surface area (TPSA) is 12.5 Å². The summed E-state index contributed by atoms with van der Waals surface area (Å²) in [5, 5.41) is 0. The number of ether oxygens (including phenoxy) is 1. The minimum Gasteiger partial charge on any atom is -0.373 e. The van der Waals surface area contributed by atoms with Crippen LogP contribution in [0.5, 0.6) is 0 Å². The van der Waals surface area contributed by atoms with E-state index in [4.69, 9.17) is 4.74 Å². The SMILES string of the molecule is CC1CC2CCC(CC1OCc1ccccc1)N2C. The van der Waals surface area contributed by atoms with Gasteiger partial charge in [-0.2, -0.15) is 0 Å². The predicted molar refractivity (Wildman–Crippen MR) is 78.0 cm³/mol. The Morgan fingerprint density at radius 2 is 1.79 bits per heavy atom. The molecule has 0 N–H and O–H groups in total. The average molecular weight is 259 g/mol. The summed E-state index contributed by atoms with van der Waals surface area (Å²) in [6.07, 6.45) is 5.68. The first-order valence-electron chi connectivity index (χ1n) is 7.61. The van der Waals surface area contributed by atoms with Crippen molar-refractivity contribution >= 4 is 0 Å². The number of hydrogen-bond acceptors (Lipinski definition) is 2. The molecule has 0 aliphatic carbocycles. The van der Waals surface area contributed by atoms with Gasteiger partial charge in [0.1, 0.15) is 0 Å². The first-order valence-corrected chi connectivity index (χ1v) is 7.61. The maximum atomic E-state index is 6.24. The summed E-state index contributed by atoms with van der Waals surface area (Å²) in [6.45, 7) is 3.13. The highest BCUT2D eigenvalue weighted by Crippen LogP contribution is 2.36. The summed E-state index contributed by atoms with van der Waals surface area (Å²) in [5.41, 5.74) is 1.29. The summed E-state index contributed by atoms with van der Waals surface area (Å²) in [6, 6.07) is 12.1. The van der Waals surface area contributed by atoms with E-state index < -0.39 is 0 Å². The molecule has 2 aliphatic heterocycles. The van der Waals surface area contributed by atoms with E-state index in [9.17, 15) is 0 Å². The van der Waals surface area contributed by atoms with Crippen LogP contribution in [0.3, 0.4) is 0 Å². The van der Waals surface area contributed by atoms with Gasteiger partial charge in [0, 0.05) is 12.1 Å². The Bertz CT molecular complexity index is 405. The third-order valence-corrected chi connectivity index (χ3v) is 5.07. The van der Waals surface area contributed by atoms with E-state index in [2.05, 4.69) is 49.2 Å². The third-order valence-electron chi connectivity index (χ3n) is 5.07. The van der Waals surface area contributed by atoms with Gasteiger partial charge in [0.05, 0.1) is 12.7 Å². The molecule has 0 radical (unpaired) electrons. The van der Waals surface area contributed by atoms with Gasteiger partial charge in [-0.15, -0.1) is 0 Å². The second kappa shape index (κ2) is 5.64. The number of rotatable bonds is 3. The van der Waals surface area contributed by atoms with Crippen molar-refractivity contribution in [2.45, 2.75) is 57.4 Å². The van der Waals surface area contributed by atoms with Crippen molar-refractivity contribution in [3.8, 4) is 0 Å². The lowest BCUT2D eigenvalue weighted by molar-refractivity contribution is -0.00469. The van der Waals surface area contributed by atoms with Crippen LogP contribution < -0.4 is 0 Å². The summed E-state index contributed by atoms with van der Waals surface area (Å²) >= 11 is 0. The van der Waals surface area contributed by atoms with E-state index in [0.29, 0.717) is 12.0 Å².